The minimum absolute atomic E-state index is 0.0416. The average molecular weight is 777 g/mol. The van der Waals surface area contributed by atoms with E-state index in [2.05, 4.69) is 0 Å². The van der Waals surface area contributed by atoms with Gasteiger partial charge < -0.3 is 30.6 Å². The molecule has 2 unspecified atom stereocenters. The number of hydrogen-bond donors (Lipinski definition) is 6. The molecule has 1 fully saturated rings. The lowest BCUT2D eigenvalue weighted by atomic mass is 9.38. The predicted molar refractivity (Wildman–Crippen MR) is 213 cm³/mol. The molecule has 6 aromatic rings. The SMILES string of the molecule is O=C(c1ccccc1)C1(O)[C@](O)(Cc2ccccc2)[C@@](O)(C(=O)c2ccccc2)C(O)(C(=O)c2ccccc2)[C@@](O)(C(=O)c2ccccc2)[C@@]1(O)Cc1ccccc1. The van der Waals surface area contributed by atoms with Gasteiger partial charge in [0, 0.05) is 35.1 Å². The largest absolute Gasteiger partial charge is 0.382 e. The Morgan fingerprint density at radius 3 is 0.759 bits per heavy atom. The standard InChI is InChI=1S/C48H40O10/c49-39(35-23-11-3-12-24-35)45(55)43(53,31-33-19-7-1-8-20-33)46(56,40(50)36-25-13-4-14-26-36)48(58,42(52)38-29-17-6-18-30-38)47(57,41(51)37-27-15-5-16-28-37)44(45,54)32-34-21-9-2-10-22-34/h1-30,53-58H,31-32H2/t43-,44-,45?,46-,47+,48?/m1/s1. The predicted octanol–water partition coefficient (Wildman–Crippen LogP) is 4.40. The normalized spacial score (nSPS) is 28.0. The fourth-order valence-corrected chi connectivity index (χ4v) is 8.62. The van der Waals surface area contributed by atoms with E-state index in [0.717, 1.165) is 0 Å². The monoisotopic (exact) mass is 776 g/mol. The van der Waals surface area contributed by atoms with Crippen LogP contribution in [0.3, 0.4) is 0 Å². The van der Waals surface area contributed by atoms with Gasteiger partial charge in [-0.3, -0.25) is 19.2 Å². The van der Waals surface area contributed by atoms with Crippen LogP contribution in [0.25, 0.3) is 0 Å². The molecule has 0 heterocycles. The van der Waals surface area contributed by atoms with Crippen LogP contribution in [0.5, 0.6) is 0 Å². The van der Waals surface area contributed by atoms with Crippen molar-refractivity contribution in [2.24, 2.45) is 0 Å². The maximum Gasteiger partial charge on any atom is 0.206 e. The van der Waals surface area contributed by atoms with E-state index in [9.17, 15) is 30.6 Å². The lowest BCUT2D eigenvalue weighted by Crippen LogP contribution is -3.00. The second kappa shape index (κ2) is 14.9. The average Bonchev–Trinajstić information content (AvgIpc) is 3.28. The van der Waals surface area contributed by atoms with Crippen LogP contribution in [-0.4, -0.2) is 87.4 Å². The molecular weight excluding hydrogens is 737 g/mol. The van der Waals surface area contributed by atoms with E-state index in [4.69, 9.17) is 0 Å². The molecular formula is C48H40O10. The van der Waals surface area contributed by atoms with Gasteiger partial charge in [-0.1, -0.05) is 182 Å². The molecule has 0 radical (unpaired) electrons. The van der Waals surface area contributed by atoms with Gasteiger partial charge in [-0.15, -0.1) is 0 Å². The maximum absolute atomic E-state index is 15.5. The number of benzene rings is 6. The molecule has 6 aromatic carbocycles. The Morgan fingerprint density at radius 2 is 0.500 bits per heavy atom. The Labute approximate surface area is 334 Å². The van der Waals surface area contributed by atoms with Crippen molar-refractivity contribution >= 4 is 23.1 Å². The molecule has 10 nitrogen and oxygen atoms in total. The zero-order valence-electron chi connectivity index (χ0n) is 31.1. The van der Waals surface area contributed by atoms with Gasteiger partial charge in [-0.05, 0) is 11.1 Å². The summed E-state index contributed by atoms with van der Waals surface area (Å²) in [6, 6.07) is 41.6. The fourth-order valence-electron chi connectivity index (χ4n) is 8.62. The van der Waals surface area contributed by atoms with Gasteiger partial charge in [-0.25, -0.2) is 0 Å². The molecule has 6 N–H and O–H groups in total. The first-order valence-electron chi connectivity index (χ1n) is 18.5. The van der Waals surface area contributed by atoms with Crippen LogP contribution in [0.15, 0.2) is 182 Å². The first-order chi connectivity index (χ1) is 27.7. The van der Waals surface area contributed by atoms with Crippen molar-refractivity contribution in [3.05, 3.63) is 215 Å². The highest BCUT2D eigenvalue weighted by Gasteiger charge is 2.95. The summed E-state index contributed by atoms with van der Waals surface area (Å²) in [5, 5.41) is 82.8. The molecule has 0 saturated heterocycles. The van der Waals surface area contributed by atoms with Crippen molar-refractivity contribution in [1.82, 2.24) is 0 Å². The fraction of sp³-hybridized carbons (Fsp3) is 0.167. The Bertz CT molecular complexity index is 2330. The Hall–Kier alpha value is -6.24. The maximum atomic E-state index is 15.5. The molecule has 0 aromatic heterocycles. The van der Waals surface area contributed by atoms with Crippen molar-refractivity contribution in [3.8, 4) is 0 Å². The van der Waals surface area contributed by atoms with Gasteiger partial charge in [0.25, 0.3) is 0 Å². The van der Waals surface area contributed by atoms with E-state index in [1.165, 1.54) is 170 Å². The van der Waals surface area contributed by atoms with Crippen LogP contribution >= 0.6 is 0 Å². The van der Waals surface area contributed by atoms with Gasteiger partial charge in [0.15, 0.2) is 16.8 Å². The summed E-state index contributed by atoms with van der Waals surface area (Å²) in [5.41, 5.74) is -26.4. The van der Waals surface area contributed by atoms with E-state index in [1.807, 2.05) is 0 Å². The third-order valence-electron chi connectivity index (χ3n) is 11.5. The Morgan fingerprint density at radius 1 is 0.293 bits per heavy atom. The molecule has 6 atom stereocenters. The highest BCUT2D eigenvalue weighted by Crippen LogP contribution is 2.63. The third-order valence-corrected chi connectivity index (χ3v) is 11.5. The summed E-state index contributed by atoms with van der Waals surface area (Å²) >= 11 is 0. The van der Waals surface area contributed by atoms with E-state index in [0.29, 0.717) is 0 Å². The minimum atomic E-state index is -4.32. The number of carbonyl (C=O) groups is 4. The second-order valence-corrected chi connectivity index (χ2v) is 14.7. The summed E-state index contributed by atoms with van der Waals surface area (Å²) in [6.07, 6.45) is -2.23. The number of Topliss-reactive ketones (excluding diaryl/α,β-unsaturated/α-hetero) is 4. The highest BCUT2D eigenvalue weighted by atomic mass is 16.5. The number of aliphatic hydroxyl groups is 6. The lowest BCUT2D eigenvalue weighted by Gasteiger charge is -2.70. The number of carbonyl (C=O) groups excluding carboxylic acids is 4. The smallest absolute Gasteiger partial charge is 0.206 e. The van der Waals surface area contributed by atoms with E-state index >= 15 is 19.2 Å². The van der Waals surface area contributed by atoms with Gasteiger partial charge in [-0.2, -0.15) is 0 Å². The zero-order valence-corrected chi connectivity index (χ0v) is 31.1. The Kier molecular flexibility index (Phi) is 10.3. The molecule has 0 spiro atoms. The van der Waals surface area contributed by atoms with E-state index in [1.54, 1.807) is 12.1 Å². The van der Waals surface area contributed by atoms with E-state index in [-0.39, 0.29) is 11.1 Å². The molecule has 292 valence electrons. The van der Waals surface area contributed by atoms with Crippen molar-refractivity contribution in [1.29, 1.82) is 0 Å². The summed E-state index contributed by atoms with van der Waals surface area (Å²) in [7, 11) is 0. The topological polar surface area (TPSA) is 190 Å². The van der Waals surface area contributed by atoms with Gasteiger partial charge >= 0.3 is 0 Å². The van der Waals surface area contributed by atoms with E-state index < -0.39 is 91.8 Å². The lowest BCUT2D eigenvalue weighted by molar-refractivity contribution is -0.383. The quantitative estimate of drug-likeness (QED) is 0.0973. The summed E-state index contributed by atoms with van der Waals surface area (Å²) in [4.78, 5) is 62.0. The molecule has 10 heteroatoms. The molecule has 0 bridgehead atoms. The van der Waals surface area contributed by atoms with Gasteiger partial charge in [0.05, 0.1) is 0 Å². The van der Waals surface area contributed by atoms with Crippen LogP contribution in [0, 0.1) is 0 Å². The Balaban J connectivity index is 1.74. The van der Waals surface area contributed by atoms with Crippen LogP contribution in [0.4, 0.5) is 0 Å². The molecule has 1 aliphatic carbocycles. The first-order valence-corrected chi connectivity index (χ1v) is 18.5. The summed E-state index contributed by atoms with van der Waals surface area (Å²) in [6.45, 7) is 0. The number of hydrogen-bond acceptors (Lipinski definition) is 10. The highest BCUT2D eigenvalue weighted by molar-refractivity contribution is 6.21. The second-order valence-electron chi connectivity index (χ2n) is 14.7. The van der Waals surface area contributed by atoms with Crippen LogP contribution in [-0.2, 0) is 12.8 Å². The first kappa shape index (κ1) is 40.0. The number of ketones is 4. The molecule has 58 heavy (non-hydrogen) atoms. The molecule has 1 saturated carbocycles. The molecule has 0 aliphatic heterocycles. The molecule has 0 amide bonds. The van der Waals surface area contributed by atoms with Crippen LogP contribution < -0.4 is 0 Å². The van der Waals surface area contributed by atoms with Crippen molar-refractivity contribution < 1.29 is 49.8 Å². The zero-order chi connectivity index (χ0) is 41.4. The molecule has 1 aliphatic rings. The number of rotatable bonds is 12. The van der Waals surface area contributed by atoms with Crippen LogP contribution in [0.2, 0.25) is 0 Å². The van der Waals surface area contributed by atoms with Gasteiger partial charge in [0.1, 0.15) is 11.2 Å². The molecule has 7 rings (SSSR count). The van der Waals surface area contributed by atoms with Gasteiger partial charge in [0.2, 0.25) is 28.7 Å². The van der Waals surface area contributed by atoms with Crippen LogP contribution in [0.1, 0.15) is 52.6 Å². The van der Waals surface area contributed by atoms with Crippen molar-refractivity contribution in [2.75, 3.05) is 0 Å². The van der Waals surface area contributed by atoms with Crippen molar-refractivity contribution in [3.63, 3.8) is 0 Å². The third kappa shape index (κ3) is 5.57. The minimum Gasteiger partial charge on any atom is -0.382 e. The summed E-state index contributed by atoms with van der Waals surface area (Å²) < 4.78 is 0. The van der Waals surface area contributed by atoms with Crippen molar-refractivity contribution in [2.45, 2.75) is 46.4 Å². The summed E-state index contributed by atoms with van der Waals surface area (Å²) in [5.74, 6) is -6.59.